The summed E-state index contributed by atoms with van der Waals surface area (Å²) >= 11 is 1.35. The van der Waals surface area contributed by atoms with Crippen LogP contribution in [-0.2, 0) is 4.79 Å². The van der Waals surface area contributed by atoms with Crippen LogP contribution < -0.4 is 11.1 Å². The maximum absolute atomic E-state index is 11.8. The summed E-state index contributed by atoms with van der Waals surface area (Å²) < 4.78 is 0. The number of hydrogen-bond donors (Lipinski definition) is 2. The van der Waals surface area contributed by atoms with Gasteiger partial charge in [0.15, 0.2) is 0 Å². The number of nitrogens with two attached hydrogens (primary N) is 1. The van der Waals surface area contributed by atoms with Gasteiger partial charge in [0.2, 0.25) is 5.91 Å². The number of hydrogen-bond acceptors (Lipinski definition) is 3. The van der Waals surface area contributed by atoms with Gasteiger partial charge < -0.3 is 11.1 Å². The molecular weight excluding hydrogens is 272 g/mol. The third kappa shape index (κ3) is 3.05. The summed E-state index contributed by atoms with van der Waals surface area (Å²) in [6.45, 7) is 3.59. The molecule has 0 unspecified atom stereocenters. The van der Waals surface area contributed by atoms with E-state index in [1.165, 1.54) is 11.3 Å². The lowest BCUT2D eigenvalue weighted by molar-refractivity contribution is -0.118. The van der Waals surface area contributed by atoms with E-state index in [9.17, 15) is 9.59 Å². The van der Waals surface area contributed by atoms with Crippen molar-refractivity contribution in [3.05, 3.63) is 42.0 Å². The minimum absolute atomic E-state index is 0.131. The molecule has 5 heteroatoms. The number of anilines is 1. The van der Waals surface area contributed by atoms with E-state index in [-0.39, 0.29) is 11.8 Å². The van der Waals surface area contributed by atoms with Gasteiger partial charge in [-0.15, -0.1) is 11.3 Å². The van der Waals surface area contributed by atoms with Crippen molar-refractivity contribution < 1.29 is 9.59 Å². The van der Waals surface area contributed by atoms with E-state index in [4.69, 9.17) is 5.73 Å². The molecule has 0 atom stereocenters. The first-order chi connectivity index (χ1) is 9.49. The Labute approximate surface area is 121 Å². The van der Waals surface area contributed by atoms with Gasteiger partial charge in [0.25, 0.3) is 5.91 Å². The van der Waals surface area contributed by atoms with Crippen LogP contribution in [0.4, 0.5) is 5.00 Å². The highest BCUT2D eigenvalue weighted by Crippen LogP contribution is 2.35. The quantitative estimate of drug-likeness (QED) is 0.907. The standard InChI is InChI=1S/C15H16N2O2S/c1-9(2)14(19)17-15-11(13(16)18)8-12(20-15)10-6-4-3-5-7-10/h3-9H,1-2H3,(H2,16,18)(H,17,19). The molecule has 0 aliphatic heterocycles. The number of carbonyl (C=O) groups is 2. The van der Waals surface area contributed by atoms with E-state index in [0.717, 1.165) is 10.4 Å². The minimum Gasteiger partial charge on any atom is -0.366 e. The van der Waals surface area contributed by atoms with Crippen LogP contribution in [-0.4, -0.2) is 11.8 Å². The first kappa shape index (κ1) is 14.3. The number of primary amides is 1. The van der Waals surface area contributed by atoms with E-state index in [0.29, 0.717) is 10.6 Å². The first-order valence-corrected chi connectivity index (χ1v) is 7.10. The van der Waals surface area contributed by atoms with E-state index in [2.05, 4.69) is 5.32 Å². The molecule has 4 nitrogen and oxygen atoms in total. The predicted molar refractivity (Wildman–Crippen MR) is 81.7 cm³/mol. The highest BCUT2D eigenvalue weighted by molar-refractivity contribution is 7.20. The molecule has 0 aliphatic rings. The summed E-state index contributed by atoms with van der Waals surface area (Å²) in [5.41, 5.74) is 6.71. The maximum atomic E-state index is 11.8. The van der Waals surface area contributed by atoms with Crippen molar-refractivity contribution in [1.29, 1.82) is 0 Å². The summed E-state index contributed by atoms with van der Waals surface area (Å²) in [5.74, 6) is -0.825. The zero-order valence-corrected chi connectivity index (χ0v) is 12.2. The van der Waals surface area contributed by atoms with Crippen LogP contribution in [0.15, 0.2) is 36.4 Å². The molecule has 104 valence electrons. The molecular formula is C15H16N2O2S. The van der Waals surface area contributed by atoms with Crippen LogP contribution in [0.1, 0.15) is 24.2 Å². The highest BCUT2D eigenvalue weighted by Gasteiger charge is 2.17. The fourth-order valence-electron chi connectivity index (χ4n) is 1.67. The fourth-order valence-corrected chi connectivity index (χ4v) is 2.74. The number of rotatable bonds is 4. The molecule has 0 fully saturated rings. The van der Waals surface area contributed by atoms with Gasteiger partial charge in [0.1, 0.15) is 5.00 Å². The van der Waals surface area contributed by atoms with E-state index in [1.807, 2.05) is 30.3 Å². The second-order valence-electron chi connectivity index (χ2n) is 4.73. The number of amides is 2. The van der Waals surface area contributed by atoms with Crippen molar-refractivity contribution in [3.8, 4) is 10.4 Å². The van der Waals surface area contributed by atoms with Crippen LogP contribution in [0.2, 0.25) is 0 Å². The fraction of sp³-hybridized carbons (Fsp3) is 0.200. The number of thiophene rings is 1. The Morgan fingerprint density at radius 2 is 1.85 bits per heavy atom. The third-order valence-corrected chi connectivity index (χ3v) is 3.92. The zero-order valence-electron chi connectivity index (χ0n) is 11.3. The molecule has 2 amide bonds. The summed E-state index contributed by atoms with van der Waals surface area (Å²) in [5, 5.41) is 3.27. The normalized spacial score (nSPS) is 10.6. The topological polar surface area (TPSA) is 72.2 Å². The Balaban J connectivity index is 2.39. The number of benzene rings is 1. The van der Waals surface area contributed by atoms with E-state index >= 15 is 0 Å². The average molecular weight is 288 g/mol. The molecule has 3 N–H and O–H groups in total. The van der Waals surface area contributed by atoms with Crippen molar-refractivity contribution in [1.82, 2.24) is 0 Å². The number of carbonyl (C=O) groups excluding carboxylic acids is 2. The lowest BCUT2D eigenvalue weighted by Gasteiger charge is -2.06. The van der Waals surface area contributed by atoms with Crippen molar-refractivity contribution in [2.75, 3.05) is 5.32 Å². The zero-order chi connectivity index (χ0) is 14.7. The lowest BCUT2D eigenvalue weighted by atomic mass is 10.1. The SMILES string of the molecule is CC(C)C(=O)Nc1sc(-c2ccccc2)cc1C(N)=O. The average Bonchev–Trinajstić information content (AvgIpc) is 2.83. The van der Waals surface area contributed by atoms with Gasteiger partial charge in [-0.05, 0) is 11.6 Å². The Hall–Kier alpha value is -2.14. The van der Waals surface area contributed by atoms with Gasteiger partial charge in [-0.3, -0.25) is 9.59 Å². The Bertz CT molecular complexity index is 633. The van der Waals surface area contributed by atoms with Crippen molar-refractivity contribution in [2.45, 2.75) is 13.8 Å². The third-order valence-electron chi connectivity index (χ3n) is 2.82. The molecule has 1 aromatic heterocycles. The van der Waals surface area contributed by atoms with Crippen LogP contribution in [0.25, 0.3) is 10.4 Å². The molecule has 1 aromatic carbocycles. The van der Waals surface area contributed by atoms with Gasteiger partial charge in [-0.2, -0.15) is 0 Å². The smallest absolute Gasteiger partial charge is 0.251 e. The molecule has 0 saturated heterocycles. The lowest BCUT2D eigenvalue weighted by Crippen LogP contribution is -2.20. The van der Waals surface area contributed by atoms with Gasteiger partial charge in [0.05, 0.1) is 5.56 Å². The van der Waals surface area contributed by atoms with E-state index < -0.39 is 5.91 Å². The van der Waals surface area contributed by atoms with Gasteiger partial charge in [-0.1, -0.05) is 44.2 Å². The molecule has 2 rings (SSSR count). The molecule has 2 aromatic rings. The molecule has 20 heavy (non-hydrogen) atoms. The summed E-state index contributed by atoms with van der Waals surface area (Å²) in [6, 6.07) is 11.4. The van der Waals surface area contributed by atoms with Crippen LogP contribution in [0, 0.1) is 5.92 Å². The second-order valence-corrected chi connectivity index (χ2v) is 5.78. The van der Waals surface area contributed by atoms with Crippen LogP contribution in [0.3, 0.4) is 0 Å². The molecule has 0 bridgehead atoms. The van der Waals surface area contributed by atoms with Gasteiger partial charge >= 0.3 is 0 Å². The van der Waals surface area contributed by atoms with Crippen molar-refractivity contribution >= 4 is 28.2 Å². The Morgan fingerprint density at radius 3 is 2.40 bits per heavy atom. The highest BCUT2D eigenvalue weighted by atomic mass is 32.1. The monoisotopic (exact) mass is 288 g/mol. The van der Waals surface area contributed by atoms with Gasteiger partial charge in [-0.25, -0.2) is 0 Å². The van der Waals surface area contributed by atoms with Crippen LogP contribution in [0.5, 0.6) is 0 Å². The first-order valence-electron chi connectivity index (χ1n) is 6.29. The molecule has 0 spiro atoms. The molecule has 0 aliphatic carbocycles. The molecule has 0 saturated carbocycles. The summed E-state index contributed by atoms with van der Waals surface area (Å²) in [6.07, 6.45) is 0. The minimum atomic E-state index is -0.539. The Kier molecular flexibility index (Phi) is 4.20. The number of nitrogens with one attached hydrogen (secondary N) is 1. The Morgan fingerprint density at radius 1 is 1.20 bits per heavy atom. The van der Waals surface area contributed by atoms with E-state index in [1.54, 1.807) is 19.9 Å². The van der Waals surface area contributed by atoms with Crippen molar-refractivity contribution in [3.63, 3.8) is 0 Å². The molecule has 0 radical (unpaired) electrons. The maximum Gasteiger partial charge on any atom is 0.251 e. The summed E-state index contributed by atoms with van der Waals surface area (Å²) in [4.78, 5) is 24.2. The van der Waals surface area contributed by atoms with Gasteiger partial charge in [0, 0.05) is 10.8 Å². The summed E-state index contributed by atoms with van der Waals surface area (Å²) in [7, 11) is 0. The second kappa shape index (κ2) is 5.88. The van der Waals surface area contributed by atoms with Crippen LogP contribution >= 0.6 is 11.3 Å². The van der Waals surface area contributed by atoms with Crippen molar-refractivity contribution in [2.24, 2.45) is 11.7 Å². The molecule has 1 heterocycles. The predicted octanol–water partition coefficient (Wildman–Crippen LogP) is 3.11. The largest absolute Gasteiger partial charge is 0.366 e.